The van der Waals surface area contributed by atoms with Crippen LogP contribution in [0.5, 0.6) is 11.5 Å². The van der Waals surface area contributed by atoms with E-state index in [0.29, 0.717) is 5.92 Å². The standard InChI is InChI=1S/C13H14O3/c1-8-4-10(9-2-3-9)5-12-13(8)16-7-11(14)6-15-12/h4-5,9H,2-3,6-7H2,1H3. The van der Waals surface area contributed by atoms with Gasteiger partial charge in [-0.2, -0.15) is 0 Å². The van der Waals surface area contributed by atoms with Gasteiger partial charge in [-0.1, -0.05) is 6.07 Å². The zero-order chi connectivity index (χ0) is 11.1. The van der Waals surface area contributed by atoms with Gasteiger partial charge in [0.15, 0.2) is 24.7 Å². The monoisotopic (exact) mass is 218 g/mol. The Balaban J connectivity index is 2.01. The van der Waals surface area contributed by atoms with Crippen LogP contribution in [0.3, 0.4) is 0 Å². The molecule has 1 aliphatic carbocycles. The van der Waals surface area contributed by atoms with Crippen LogP contribution in [-0.2, 0) is 4.79 Å². The molecule has 1 fully saturated rings. The topological polar surface area (TPSA) is 35.5 Å². The number of rotatable bonds is 1. The van der Waals surface area contributed by atoms with E-state index in [9.17, 15) is 4.79 Å². The van der Waals surface area contributed by atoms with Crippen molar-refractivity contribution in [3.8, 4) is 11.5 Å². The van der Waals surface area contributed by atoms with Crippen LogP contribution in [0.25, 0.3) is 0 Å². The molecule has 16 heavy (non-hydrogen) atoms. The third-order valence-corrected chi connectivity index (χ3v) is 3.08. The van der Waals surface area contributed by atoms with Gasteiger partial charge in [0.25, 0.3) is 0 Å². The van der Waals surface area contributed by atoms with Crippen LogP contribution in [0.4, 0.5) is 0 Å². The van der Waals surface area contributed by atoms with E-state index in [2.05, 4.69) is 6.07 Å². The van der Waals surface area contributed by atoms with Crippen molar-refractivity contribution in [2.24, 2.45) is 0 Å². The Morgan fingerprint density at radius 3 is 2.69 bits per heavy atom. The van der Waals surface area contributed by atoms with Gasteiger partial charge < -0.3 is 9.47 Å². The van der Waals surface area contributed by atoms with Crippen molar-refractivity contribution in [2.75, 3.05) is 13.2 Å². The van der Waals surface area contributed by atoms with Gasteiger partial charge >= 0.3 is 0 Å². The fraction of sp³-hybridized carbons (Fsp3) is 0.462. The second-order valence-electron chi connectivity index (χ2n) is 4.56. The first-order chi connectivity index (χ1) is 7.74. The van der Waals surface area contributed by atoms with E-state index >= 15 is 0 Å². The number of aryl methyl sites for hydroxylation is 1. The van der Waals surface area contributed by atoms with Crippen LogP contribution in [0.15, 0.2) is 12.1 Å². The Morgan fingerprint density at radius 2 is 1.94 bits per heavy atom. The molecule has 1 saturated carbocycles. The molecule has 0 saturated heterocycles. The lowest BCUT2D eigenvalue weighted by molar-refractivity contribution is -0.122. The summed E-state index contributed by atoms with van der Waals surface area (Å²) in [7, 11) is 0. The SMILES string of the molecule is Cc1cc(C2CC2)cc2c1OCC(=O)CO2. The number of ketones is 1. The maximum Gasteiger partial charge on any atom is 0.207 e. The molecule has 1 aromatic carbocycles. The highest BCUT2D eigenvalue weighted by Crippen LogP contribution is 2.44. The first kappa shape index (κ1) is 9.70. The number of hydrogen-bond donors (Lipinski definition) is 0. The number of carbonyl (C=O) groups excluding carboxylic acids is 1. The summed E-state index contributed by atoms with van der Waals surface area (Å²) in [4.78, 5) is 11.2. The van der Waals surface area contributed by atoms with Crippen LogP contribution in [-0.4, -0.2) is 19.0 Å². The van der Waals surface area contributed by atoms with Gasteiger partial charge in [0.2, 0.25) is 5.78 Å². The quantitative estimate of drug-likeness (QED) is 0.725. The Labute approximate surface area is 94.4 Å². The fourth-order valence-electron chi connectivity index (χ4n) is 2.07. The Morgan fingerprint density at radius 1 is 1.19 bits per heavy atom. The number of carbonyl (C=O) groups is 1. The van der Waals surface area contributed by atoms with Gasteiger partial charge in [-0.3, -0.25) is 4.79 Å². The Hall–Kier alpha value is -1.51. The predicted octanol–water partition coefficient (Wildman–Crippen LogP) is 2.21. The maximum atomic E-state index is 11.2. The summed E-state index contributed by atoms with van der Waals surface area (Å²) in [6, 6.07) is 4.17. The van der Waals surface area contributed by atoms with Crippen LogP contribution in [0, 0.1) is 6.92 Å². The van der Waals surface area contributed by atoms with Crippen LogP contribution in [0.1, 0.15) is 29.9 Å². The number of fused-ring (bicyclic) bond motifs is 1. The van der Waals surface area contributed by atoms with Gasteiger partial charge in [-0.05, 0) is 42.9 Å². The maximum absolute atomic E-state index is 11.2. The molecular formula is C13H14O3. The van der Waals surface area contributed by atoms with Gasteiger partial charge in [0, 0.05) is 0 Å². The molecule has 1 aliphatic heterocycles. The van der Waals surface area contributed by atoms with Crippen molar-refractivity contribution in [3.63, 3.8) is 0 Å². The molecule has 3 nitrogen and oxygen atoms in total. The summed E-state index contributed by atoms with van der Waals surface area (Å²) < 4.78 is 11.0. The van der Waals surface area contributed by atoms with Crippen molar-refractivity contribution in [1.29, 1.82) is 0 Å². The molecule has 0 aromatic heterocycles. The van der Waals surface area contributed by atoms with E-state index in [1.54, 1.807) is 0 Å². The first-order valence-corrected chi connectivity index (χ1v) is 5.66. The molecule has 2 aliphatic rings. The molecule has 1 aromatic rings. The number of ether oxygens (including phenoxy) is 2. The summed E-state index contributed by atoms with van der Waals surface area (Å²) in [5.41, 5.74) is 2.38. The number of benzene rings is 1. The Bertz CT molecular complexity index is 447. The molecule has 0 N–H and O–H groups in total. The molecule has 0 unspecified atom stereocenters. The van der Waals surface area contributed by atoms with Crippen molar-refractivity contribution in [3.05, 3.63) is 23.3 Å². The van der Waals surface area contributed by atoms with E-state index in [1.165, 1.54) is 18.4 Å². The zero-order valence-corrected chi connectivity index (χ0v) is 9.29. The van der Waals surface area contributed by atoms with Crippen molar-refractivity contribution in [1.82, 2.24) is 0 Å². The summed E-state index contributed by atoms with van der Waals surface area (Å²) >= 11 is 0. The van der Waals surface area contributed by atoms with Gasteiger partial charge in [0.1, 0.15) is 0 Å². The second-order valence-corrected chi connectivity index (χ2v) is 4.56. The average Bonchev–Trinajstić information content (AvgIpc) is 3.06. The molecule has 84 valence electrons. The van der Waals surface area contributed by atoms with Crippen molar-refractivity contribution < 1.29 is 14.3 Å². The van der Waals surface area contributed by atoms with Crippen molar-refractivity contribution >= 4 is 5.78 Å². The number of hydrogen-bond acceptors (Lipinski definition) is 3. The summed E-state index contributed by atoms with van der Waals surface area (Å²) in [5, 5.41) is 0. The normalized spacial score (nSPS) is 19.4. The van der Waals surface area contributed by atoms with Crippen molar-refractivity contribution in [2.45, 2.75) is 25.7 Å². The molecule has 0 radical (unpaired) electrons. The highest BCUT2D eigenvalue weighted by atomic mass is 16.5. The van der Waals surface area contributed by atoms with Crippen LogP contribution < -0.4 is 9.47 Å². The third kappa shape index (κ3) is 1.66. The molecule has 3 rings (SSSR count). The van der Waals surface area contributed by atoms with Crippen LogP contribution in [0.2, 0.25) is 0 Å². The van der Waals surface area contributed by atoms with Gasteiger partial charge in [0.05, 0.1) is 0 Å². The summed E-state index contributed by atoms with van der Waals surface area (Å²) in [5.74, 6) is 2.14. The number of Topliss-reactive ketones (excluding diaryl/α,β-unsaturated/α-hetero) is 1. The highest BCUT2D eigenvalue weighted by molar-refractivity contribution is 5.82. The summed E-state index contributed by atoms with van der Waals surface area (Å²) in [6.45, 7) is 2.25. The largest absolute Gasteiger partial charge is 0.482 e. The first-order valence-electron chi connectivity index (χ1n) is 5.66. The second kappa shape index (κ2) is 3.51. The van der Waals surface area contributed by atoms with E-state index in [1.807, 2.05) is 13.0 Å². The van der Waals surface area contributed by atoms with Gasteiger partial charge in [-0.15, -0.1) is 0 Å². The molecule has 0 atom stereocenters. The average molecular weight is 218 g/mol. The Kier molecular flexibility index (Phi) is 2.13. The third-order valence-electron chi connectivity index (χ3n) is 3.08. The predicted molar refractivity (Wildman–Crippen MR) is 59.2 cm³/mol. The van der Waals surface area contributed by atoms with E-state index < -0.39 is 0 Å². The van der Waals surface area contributed by atoms with E-state index in [0.717, 1.165) is 17.1 Å². The molecule has 3 heteroatoms. The van der Waals surface area contributed by atoms with E-state index in [4.69, 9.17) is 9.47 Å². The zero-order valence-electron chi connectivity index (χ0n) is 9.29. The van der Waals surface area contributed by atoms with Gasteiger partial charge in [-0.25, -0.2) is 0 Å². The highest BCUT2D eigenvalue weighted by Gasteiger charge is 2.26. The minimum Gasteiger partial charge on any atom is -0.482 e. The fourth-order valence-corrected chi connectivity index (χ4v) is 2.07. The molecule has 0 spiro atoms. The molecule has 0 amide bonds. The molecule has 1 heterocycles. The lowest BCUT2D eigenvalue weighted by Crippen LogP contribution is -2.15. The lowest BCUT2D eigenvalue weighted by atomic mass is 10.1. The minimum absolute atomic E-state index is 0.0106. The minimum atomic E-state index is -0.0106. The molecular weight excluding hydrogens is 204 g/mol. The summed E-state index contributed by atoms with van der Waals surface area (Å²) in [6.07, 6.45) is 2.52. The molecule has 0 bridgehead atoms. The smallest absolute Gasteiger partial charge is 0.207 e. The van der Waals surface area contributed by atoms with E-state index in [-0.39, 0.29) is 19.0 Å². The lowest BCUT2D eigenvalue weighted by Gasteiger charge is -2.11. The van der Waals surface area contributed by atoms with Crippen LogP contribution >= 0.6 is 0 Å².